The highest BCUT2D eigenvalue weighted by Gasteiger charge is 2.07. The fourth-order valence-electron chi connectivity index (χ4n) is 1.35. The van der Waals surface area contributed by atoms with Crippen LogP contribution in [0, 0.1) is 0 Å². The maximum atomic E-state index is 11.1. The number of nitrogen functional groups attached to an aromatic ring is 1. The molecule has 2 aromatic rings. The van der Waals surface area contributed by atoms with Crippen LogP contribution in [0.2, 0.25) is 0 Å². The number of nitrogens with two attached hydrogens (primary N) is 2. The first-order valence-electron chi connectivity index (χ1n) is 4.92. The lowest BCUT2D eigenvalue weighted by molar-refractivity contribution is 0.1000. The minimum Gasteiger partial charge on any atom is -0.398 e. The van der Waals surface area contributed by atoms with E-state index < -0.39 is 5.91 Å². The van der Waals surface area contributed by atoms with Crippen LogP contribution < -0.4 is 11.5 Å². The van der Waals surface area contributed by atoms with Crippen molar-refractivity contribution in [3.63, 3.8) is 0 Å². The first-order valence-corrected chi connectivity index (χ1v) is 5.74. The SMILES string of the molecule is Cn1cc(Sc2cc(C(N)=O)ccc2N)cn1. The van der Waals surface area contributed by atoms with Gasteiger partial charge in [0, 0.05) is 29.4 Å². The van der Waals surface area contributed by atoms with Gasteiger partial charge in [-0.15, -0.1) is 0 Å². The average Bonchev–Trinajstić information content (AvgIpc) is 2.67. The third-order valence-electron chi connectivity index (χ3n) is 2.21. The summed E-state index contributed by atoms with van der Waals surface area (Å²) in [6.45, 7) is 0. The van der Waals surface area contributed by atoms with Gasteiger partial charge in [-0.2, -0.15) is 5.10 Å². The number of nitrogens with zero attached hydrogens (tertiary/aromatic N) is 2. The fourth-order valence-corrected chi connectivity index (χ4v) is 2.29. The Morgan fingerprint density at radius 2 is 2.24 bits per heavy atom. The summed E-state index contributed by atoms with van der Waals surface area (Å²) < 4.78 is 1.70. The lowest BCUT2D eigenvalue weighted by atomic mass is 10.2. The first-order chi connectivity index (χ1) is 8.06. The summed E-state index contributed by atoms with van der Waals surface area (Å²) in [6, 6.07) is 4.99. The summed E-state index contributed by atoms with van der Waals surface area (Å²) in [6.07, 6.45) is 3.61. The van der Waals surface area contributed by atoms with Crippen LogP contribution in [0.25, 0.3) is 0 Å². The average molecular weight is 248 g/mol. The van der Waals surface area contributed by atoms with Crippen molar-refractivity contribution in [3.8, 4) is 0 Å². The van der Waals surface area contributed by atoms with Crippen molar-refractivity contribution in [2.75, 3.05) is 5.73 Å². The summed E-state index contributed by atoms with van der Waals surface area (Å²) in [5.41, 5.74) is 12.1. The molecule has 0 bridgehead atoms. The second-order valence-corrected chi connectivity index (χ2v) is 4.68. The quantitative estimate of drug-likeness (QED) is 0.800. The maximum Gasteiger partial charge on any atom is 0.248 e. The summed E-state index contributed by atoms with van der Waals surface area (Å²) in [5, 5.41) is 4.06. The van der Waals surface area contributed by atoms with E-state index in [4.69, 9.17) is 11.5 Å². The van der Waals surface area contributed by atoms with Gasteiger partial charge in [-0.25, -0.2) is 0 Å². The smallest absolute Gasteiger partial charge is 0.248 e. The number of rotatable bonds is 3. The molecule has 0 saturated heterocycles. The molecule has 0 aliphatic heterocycles. The molecule has 6 heteroatoms. The number of amides is 1. The molecule has 5 nitrogen and oxygen atoms in total. The van der Waals surface area contributed by atoms with Crippen LogP contribution in [-0.4, -0.2) is 15.7 Å². The second kappa shape index (κ2) is 4.50. The van der Waals surface area contributed by atoms with Gasteiger partial charge in [-0.3, -0.25) is 9.48 Å². The number of carbonyl (C=O) groups excluding carboxylic acids is 1. The van der Waals surface area contributed by atoms with Crippen LogP contribution in [-0.2, 0) is 7.05 Å². The minimum atomic E-state index is -0.460. The van der Waals surface area contributed by atoms with Gasteiger partial charge in [-0.05, 0) is 18.2 Å². The number of aromatic nitrogens is 2. The summed E-state index contributed by atoms with van der Waals surface area (Å²) >= 11 is 1.45. The van der Waals surface area contributed by atoms with E-state index in [0.29, 0.717) is 11.3 Å². The van der Waals surface area contributed by atoms with Crippen molar-refractivity contribution >= 4 is 23.4 Å². The number of aryl methyl sites for hydroxylation is 1. The molecule has 4 N–H and O–H groups in total. The maximum absolute atomic E-state index is 11.1. The standard InChI is InChI=1S/C11H12N4OS/c1-15-6-8(5-14-15)17-10-4-7(11(13)16)2-3-9(10)12/h2-6H,12H2,1H3,(H2,13,16). The third kappa shape index (κ3) is 2.59. The van der Waals surface area contributed by atoms with E-state index in [-0.39, 0.29) is 0 Å². The van der Waals surface area contributed by atoms with E-state index in [2.05, 4.69) is 5.10 Å². The molecule has 0 fully saturated rings. The molecular formula is C11H12N4OS. The Morgan fingerprint density at radius 1 is 1.47 bits per heavy atom. The molecular weight excluding hydrogens is 236 g/mol. The van der Waals surface area contributed by atoms with E-state index in [9.17, 15) is 4.79 Å². The highest BCUT2D eigenvalue weighted by molar-refractivity contribution is 7.99. The van der Waals surface area contributed by atoms with Gasteiger partial charge in [0.05, 0.1) is 11.1 Å². The highest BCUT2D eigenvalue weighted by atomic mass is 32.2. The Labute approximate surface area is 103 Å². The zero-order valence-electron chi connectivity index (χ0n) is 9.25. The molecule has 0 atom stereocenters. The van der Waals surface area contributed by atoms with Gasteiger partial charge >= 0.3 is 0 Å². The van der Waals surface area contributed by atoms with E-state index in [1.807, 2.05) is 13.2 Å². The van der Waals surface area contributed by atoms with E-state index in [1.165, 1.54) is 11.8 Å². The molecule has 1 heterocycles. The molecule has 88 valence electrons. The van der Waals surface area contributed by atoms with Gasteiger partial charge in [-0.1, -0.05) is 11.8 Å². The molecule has 1 amide bonds. The van der Waals surface area contributed by atoms with Crippen molar-refractivity contribution in [3.05, 3.63) is 36.2 Å². The zero-order chi connectivity index (χ0) is 12.4. The summed E-state index contributed by atoms with van der Waals surface area (Å²) in [4.78, 5) is 12.8. The molecule has 0 unspecified atom stereocenters. The lowest BCUT2D eigenvalue weighted by Gasteiger charge is -2.05. The zero-order valence-corrected chi connectivity index (χ0v) is 10.1. The van der Waals surface area contributed by atoms with Crippen LogP contribution in [0.15, 0.2) is 40.4 Å². The predicted molar refractivity (Wildman–Crippen MR) is 66.7 cm³/mol. The highest BCUT2D eigenvalue weighted by Crippen LogP contribution is 2.32. The Kier molecular flexibility index (Phi) is 3.06. The predicted octanol–water partition coefficient (Wildman–Crippen LogP) is 1.25. The molecule has 2 rings (SSSR count). The summed E-state index contributed by atoms with van der Waals surface area (Å²) in [5.74, 6) is -0.460. The van der Waals surface area contributed by atoms with Crippen molar-refractivity contribution in [2.24, 2.45) is 12.8 Å². The number of carbonyl (C=O) groups is 1. The van der Waals surface area contributed by atoms with E-state index in [0.717, 1.165) is 9.79 Å². The topological polar surface area (TPSA) is 86.9 Å². The molecule has 0 aliphatic rings. The molecule has 17 heavy (non-hydrogen) atoms. The third-order valence-corrected chi connectivity index (χ3v) is 3.23. The van der Waals surface area contributed by atoms with Crippen LogP contribution in [0.1, 0.15) is 10.4 Å². The Morgan fingerprint density at radius 3 is 2.82 bits per heavy atom. The molecule has 1 aromatic carbocycles. The second-order valence-electron chi connectivity index (χ2n) is 3.57. The Bertz CT molecular complexity index is 564. The molecule has 1 aromatic heterocycles. The van der Waals surface area contributed by atoms with Crippen LogP contribution in [0.5, 0.6) is 0 Å². The van der Waals surface area contributed by atoms with E-state index in [1.54, 1.807) is 29.1 Å². The van der Waals surface area contributed by atoms with Gasteiger partial charge < -0.3 is 11.5 Å². The number of hydrogen-bond donors (Lipinski definition) is 2. The largest absolute Gasteiger partial charge is 0.398 e. The van der Waals surface area contributed by atoms with Gasteiger partial charge in [0.1, 0.15) is 0 Å². The number of hydrogen-bond acceptors (Lipinski definition) is 4. The molecule has 0 radical (unpaired) electrons. The van der Waals surface area contributed by atoms with Crippen molar-refractivity contribution in [1.29, 1.82) is 0 Å². The number of primary amides is 1. The number of anilines is 1. The van der Waals surface area contributed by atoms with Gasteiger partial charge in [0.25, 0.3) is 0 Å². The van der Waals surface area contributed by atoms with Crippen molar-refractivity contribution in [2.45, 2.75) is 9.79 Å². The minimum absolute atomic E-state index is 0.450. The Balaban J connectivity index is 2.31. The van der Waals surface area contributed by atoms with Crippen molar-refractivity contribution in [1.82, 2.24) is 9.78 Å². The number of benzene rings is 1. The monoisotopic (exact) mass is 248 g/mol. The van der Waals surface area contributed by atoms with Gasteiger partial charge in [0.15, 0.2) is 0 Å². The van der Waals surface area contributed by atoms with Crippen LogP contribution in [0.4, 0.5) is 5.69 Å². The molecule has 0 saturated carbocycles. The van der Waals surface area contributed by atoms with Crippen LogP contribution in [0.3, 0.4) is 0 Å². The lowest BCUT2D eigenvalue weighted by Crippen LogP contribution is -2.11. The van der Waals surface area contributed by atoms with Crippen LogP contribution >= 0.6 is 11.8 Å². The fraction of sp³-hybridized carbons (Fsp3) is 0.0909. The Hall–Kier alpha value is -1.95. The van der Waals surface area contributed by atoms with Gasteiger partial charge in [0.2, 0.25) is 5.91 Å². The van der Waals surface area contributed by atoms with E-state index >= 15 is 0 Å². The summed E-state index contributed by atoms with van der Waals surface area (Å²) in [7, 11) is 1.84. The first kappa shape index (κ1) is 11.5. The van der Waals surface area contributed by atoms with Crippen molar-refractivity contribution < 1.29 is 4.79 Å². The molecule has 0 spiro atoms. The normalized spacial score (nSPS) is 10.4. The molecule has 0 aliphatic carbocycles.